The minimum absolute atomic E-state index is 0.0554. The third-order valence-electron chi connectivity index (χ3n) is 4.37. The summed E-state index contributed by atoms with van der Waals surface area (Å²) in [5.41, 5.74) is 2.37. The Bertz CT molecular complexity index is 552. The minimum atomic E-state index is -0.644. The zero-order valence-electron chi connectivity index (χ0n) is 16.7. The van der Waals surface area contributed by atoms with Crippen LogP contribution >= 0.6 is 12.2 Å². The van der Waals surface area contributed by atoms with Crippen molar-refractivity contribution in [2.45, 2.75) is 71.1 Å². The second-order valence-corrected chi connectivity index (χ2v) is 8.20. The van der Waals surface area contributed by atoms with Crippen molar-refractivity contribution in [3.63, 3.8) is 0 Å². The van der Waals surface area contributed by atoms with Gasteiger partial charge >= 0.3 is 6.09 Å². The molecule has 2 fully saturated rings. The number of likely N-dealkylation sites (tertiary alicyclic amines) is 1. The van der Waals surface area contributed by atoms with E-state index in [0.29, 0.717) is 39.1 Å². The minimum Gasteiger partial charge on any atom is -0.469 e. The Kier molecular flexibility index (Phi) is 7.81. The highest BCUT2D eigenvalue weighted by molar-refractivity contribution is 7.80. The Morgan fingerprint density at radius 2 is 2.07 bits per heavy atom. The molecule has 2 rings (SSSR count). The zero-order valence-corrected chi connectivity index (χ0v) is 17.5. The van der Waals surface area contributed by atoms with Gasteiger partial charge in [0.2, 0.25) is 0 Å². The van der Waals surface area contributed by atoms with Crippen molar-refractivity contribution in [1.29, 1.82) is 0 Å². The fourth-order valence-electron chi connectivity index (χ4n) is 3.01. The van der Waals surface area contributed by atoms with E-state index >= 15 is 0 Å². The average Bonchev–Trinajstić information content (AvgIpc) is 3.02. The second-order valence-electron chi connectivity index (χ2n) is 7.85. The molecule has 2 amide bonds. The van der Waals surface area contributed by atoms with E-state index in [0.717, 1.165) is 12.8 Å². The molecule has 0 spiro atoms. The highest BCUT2D eigenvalue weighted by Crippen LogP contribution is 2.23. The number of ether oxygens (including phenoxy) is 2. The molecule has 0 unspecified atom stereocenters. The van der Waals surface area contributed by atoms with Gasteiger partial charge in [0, 0.05) is 6.54 Å². The van der Waals surface area contributed by atoms with Gasteiger partial charge < -0.3 is 14.3 Å². The number of unbranched alkanes of at least 4 members (excludes halogenated alkanes) is 1. The number of nitrogens with zero attached hydrogens (tertiary/aromatic N) is 2. The van der Waals surface area contributed by atoms with Gasteiger partial charge in [-0.3, -0.25) is 14.6 Å². The number of hydrogen-bond donors (Lipinski definition) is 1. The number of amides is 2. The lowest BCUT2D eigenvalue weighted by molar-refractivity contribution is -0.134. The molecule has 8 nitrogen and oxygen atoms in total. The van der Waals surface area contributed by atoms with Crippen molar-refractivity contribution in [2.24, 2.45) is 0 Å². The third kappa shape index (κ3) is 6.29. The Morgan fingerprint density at radius 3 is 2.67 bits per heavy atom. The molecule has 27 heavy (non-hydrogen) atoms. The van der Waals surface area contributed by atoms with Crippen LogP contribution in [-0.2, 0) is 19.1 Å². The molecular formula is C18H31N3O5S. The Balaban J connectivity index is 2.06. The van der Waals surface area contributed by atoms with Crippen molar-refractivity contribution in [2.75, 3.05) is 26.3 Å². The van der Waals surface area contributed by atoms with E-state index in [9.17, 15) is 9.59 Å². The molecule has 0 aromatic heterocycles. The molecule has 9 heteroatoms. The molecule has 2 heterocycles. The molecule has 2 aliphatic heterocycles. The summed E-state index contributed by atoms with van der Waals surface area (Å²) in [6.45, 7) is 9.25. The van der Waals surface area contributed by atoms with Crippen molar-refractivity contribution in [3.8, 4) is 0 Å². The number of hydroxylamine groups is 1. The number of carbonyl (C=O) groups excluding carboxylic acids is 2. The molecule has 1 N–H and O–H groups in total. The van der Waals surface area contributed by atoms with Crippen LogP contribution in [0.3, 0.4) is 0 Å². The Hall–Kier alpha value is -1.45. The predicted octanol–water partition coefficient (Wildman–Crippen LogP) is 2.22. The molecule has 0 bridgehead atoms. The quantitative estimate of drug-likeness (QED) is 0.415. The van der Waals surface area contributed by atoms with Crippen molar-refractivity contribution >= 4 is 29.4 Å². The van der Waals surface area contributed by atoms with Crippen molar-refractivity contribution < 1.29 is 23.9 Å². The summed E-state index contributed by atoms with van der Waals surface area (Å²) in [5.74, 6) is -0.214. The maximum absolute atomic E-state index is 13.0. The van der Waals surface area contributed by atoms with E-state index in [1.807, 2.05) is 0 Å². The largest absolute Gasteiger partial charge is 0.469 e. The van der Waals surface area contributed by atoms with Crippen LogP contribution in [0.15, 0.2) is 0 Å². The van der Waals surface area contributed by atoms with Gasteiger partial charge in [0.05, 0.1) is 19.2 Å². The summed E-state index contributed by atoms with van der Waals surface area (Å²) in [7, 11) is 0. The Morgan fingerprint density at radius 1 is 1.33 bits per heavy atom. The molecule has 2 atom stereocenters. The maximum atomic E-state index is 13.0. The van der Waals surface area contributed by atoms with Crippen LogP contribution in [0.5, 0.6) is 0 Å². The van der Waals surface area contributed by atoms with E-state index in [1.165, 1.54) is 9.80 Å². The molecule has 2 saturated heterocycles. The molecular weight excluding hydrogens is 370 g/mol. The highest BCUT2D eigenvalue weighted by atomic mass is 32.1. The smallest absolute Gasteiger partial charge is 0.411 e. The summed E-state index contributed by atoms with van der Waals surface area (Å²) in [5, 5.41) is 0.173. The van der Waals surface area contributed by atoms with Gasteiger partial charge in [0.15, 0.2) is 0 Å². The maximum Gasteiger partial charge on any atom is 0.411 e. The molecule has 154 valence electrons. The van der Waals surface area contributed by atoms with Gasteiger partial charge in [-0.25, -0.2) is 4.79 Å². The van der Waals surface area contributed by atoms with Crippen LogP contribution in [0.2, 0.25) is 0 Å². The normalized spacial score (nSPS) is 23.3. The molecule has 0 saturated carbocycles. The Labute approximate surface area is 166 Å². The number of hydrogen-bond acceptors (Lipinski definition) is 7. The topological polar surface area (TPSA) is 80.3 Å². The summed E-state index contributed by atoms with van der Waals surface area (Å²) in [4.78, 5) is 34.1. The van der Waals surface area contributed by atoms with Gasteiger partial charge in [-0.2, -0.15) is 5.48 Å². The van der Waals surface area contributed by atoms with E-state index in [2.05, 4.69) is 12.4 Å². The standard InChI is InChI=1S/C18H31N3O5S/c1-5-6-10-25-19-13-7-8-14(15(22)20-9-11-24-17(20)27)21(12-13)16(23)26-18(2,3)4/h13-14,19H,5-12H2,1-4H3/t13-,14+/m1/s1. The SMILES string of the molecule is CCCCON[C@@H]1CC[C@@H](C(=O)N2CCOC2=S)N(C(=O)OC(C)(C)C)C1. The average molecular weight is 402 g/mol. The molecule has 0 aromatic rings. The molecule has 0 radical (unpaired) electrons. The van der Waals surface area contributed by atoms with Crippen LogP contribution in [-0.4, -0.2) is 71.0 Å². The highest BCUT2D eigenvalue weighted by Gasteiger charge is 2.42. The van der Waals surface area contributed by atoms with Crippen LogP contribution in [0.1, 0.15) is 53.4 Å². The summed E-state index contributed by atoms with van der Waals surface area (Å²) < 4.78 is 10.7. The lowest BCUT2D eigenvalue weighted by Gasteiger charge is -2.40. The first-order chi connectivity index (χ1) is 12.7. The number of nitrogens with one attached hydrogen (secondary N) is 1. The lowest BCUT2D eigenvalue weighted by atomic mass is 9.98. The van der Waals surface area contributed by atoms with E-state index in [4.69, 9.17) is 26.5 Å². The lowest BCUT2D eigenvalue weighted by Crippen LogP contribution is -2.59. The van der Waals surface area contributed by atoms with Crippen molar-refractivity contribution in [1.82, 2.24) is 15.3 Å². The monoisotopic (exact) mass is 401 g/mol. The van der Waals surface area contributed by atoms with Crippen LogP contribution in [0.4, 0.5) is 4.79 Å². The van der Waals surface area contributed by atoms with Crippen LogP contribution < -0.4 is 5.48 Å². The van der Waals surface area contributed by atoms with Crippen molar-refractivity contribution in [3.05, 3.63) is 0 Å². The van der Waals surface area contributed by atoms with Gasteiger partial charge in [0.25, 0.3) is 11.1 Å². The summed E-state index contributed by atoms with van der Waals surface area (Å²) in [6.07, 6.45) is 2.72. The first-order valence-electron chi connectivity index (χ1n) is 9.58. The van der Waals surface area contributed by atoms with E-state index in [-0.39, 0.29) is 17.1 Å². The van der Waals surface area contributed by atoms with Gasteiger partial charge in [-0.1, -0.05) is 13.3 Å². The van der Waals surface area contributed by atoms with E-state index < -0.39 is 17.7 Å². The predicted molar refractivity (Wildman–Crippen MR) is 104 cm³/mol. The second kappa shape index (κ2) is 9.66. The fraction of sp³-hybridized carbons (Fsp3) is 0.833. The molecule has 0 aliphatic carbocycles. The van der Waals surface area contributed by atoms with Gasteiger partial charge in [-0.05, 0) is 52.3 Å². The number of rotatable bonds is 6. The summed E-state index contributed by atoms with van der Waals surface area (Å²) in [6, 6.07) is -0.673. The first-order valence-corrected chi connectivity index (χ1v) is 9.99. The first kappa shape index (κ1) is 21.8. The third-order valence-corrected chi connectivity index (χ3v) is 4.71. The summed E-state index contributed by atoms with van der Waals surface area (Å²) >= 11 is 5.10. The number of piperidine rings is 1. The van der Waals surface area contributed by atoms with E-state index in [1.54, 1.807) is 20.8 Å². The molecule has 0 aromatic carbocycles. The fourth-order valence-corrected chi connectivity index (χ4v) is 3.28. The van der Waals surface area contributed by atoms with Gasteiger partial charge in [0.1, 0.15) is 18.2 Å². The van der Waals surface area contributed by atoms with Crippen LogP contribution in [0.25, 0.3) is 0 Å². The molecule has 2 aliphatic rings. The zero-order chi connectivity index (χ0) is 20.0. The van der Waals surface area contributed by atoms with Gasteiger partial charge in [-0.15, -0.1) is 0 Å². The number of carbonyl (C=O) groups is 2. The number of thiocarbonyl (C=S) groups is 1. The van der Waals surface area contributed by atoms with Crippen LogP contribution in [0, 0.1) is 0 Å².